The van der Waals surface area contributed by atoms with Gasteiger partial charge in [-0.3, -0.25) is 0 Å². The molecular formula is C9H15ClN4. The maximum atomic E-state index is 5.91. The van der Waals surface area contributed by atoms with Gasteiger partial charge in [-0.15, -0.1) is 16.7 Å². The number of rotatable bonds is 4. The summed E-state index contributed by atoms with van der Waals surface area (Å²) in [7, 11) is 0. The first-order valence-electron chi connectivity index (χ1n) is 5.08. The predicted octanol–water partition coefficient (Wildman–Crippen LogP) is 1.87. The van der Waals surface area contributed by atoms with E-state index < -0.39 is 0 Å². The van der Waals surface area contributed by atoms with Crippen LogP contribution in [0.4, 0.5) is 5.82 Å². The molecule has 1 aromatic heterocycles. The molecule has 2 rings (SSSR count). The van der Waals surface area contributed by atoms with Gasteiger partial charge in [-0.05, 0) is 19.3 Å². The van der Waals surface area contributed by atoms with E-state index in [9.17, 15) is 0 Å². The molecule has 1 aliphatic carbocycles. The van der Waals surface area contributed by atoms with E-state index in [-0.39, 0.29) is 0 Å². The molecule has 0 atom stereocenters. The molecule has 1 aromatic rings. The van der Waals surface area contributed by atoms with E-state index in [4.69, 9.17) is 11.6 Å². The van der Waals surface area contributed by atoms with Crippen LogP contribution >= 0.6 is 11.6 Å². The molecular weight excluding hydrogens is 200 g/mol. The van der Waals surface area contributed by atoms with Crippen LogP contribution in [0.5, 0.6) is 0 Å². The lowest BCUT2D eigenvalue weighted by molar-refractivity contribution is 0.448. The van der Waals surface area contributed by atoms with Crippen molar-refractivity contribution in [1.82, 2.24) is 15.0 Å². The molecule has 4 nitrogen and oxygen atoms in total. The average molecular weight is 215 g/mol. The van der Waals surface area contributed by atoms with E-state index >= 15 is 0 Å². The fourth-order valence-corrected chi connectivity index (χ4v) is 2.05. The van der Waals surface area contributed by atoms with Gasteiger partial charge in [-0.1, -0.05) is 12.1 Å². The molecule has 14 heavy (non-hydrogen) atoms. The second-order valence-electron chi connectivity index (χ2n) is 3.75. The smallest absolute Gasteiger partial charge is 0.145 e. The highest BCUT2D eigenvalue weighted by Gasteiger charge is 2.27. The summed E-state index contributed by atoms with van der Waals surface area (Å²) in [5, 5.41) is 11.6. The van der Waals surface area contributed by atoms with E-state index in [1.807, 2.05) is 4.68 Å². The third-order valence-corrected chi connectivity index (χ3v) is 2.84. The zero-order valence-corrected chi connectivity index (χ0v) is 9.04. The van der Waals surface area contributed by atoms with Gasteiger partial charge < -0.3 is 5.32 Å². The van der Waals surface area contributed by atoms with Crippen molar-refractivity contribution in [3.8, 4) is 0 Å². The predicted molar refractivity (Wildman–Crippen MR) is 56.6 cm³/mol. The minimum Gasteiger partial charge on any atom is -0.366 e. The van der Waals surface area contributed by atoms with Gasteiger partial charge in [0.2, 0.25) is 0 Å². The quantitative estimate of drug-likeness (QED) is 0.779. The van der Waals surface area contributed by atoms with E-state index in [1.54, 1.807) is 6.20 Å². The first-order chi connectivity index (χ1) is 6.79. The third kappa shape index (κ3) is 2.00. The summed E-state index contributed by atoms with van der Waals surface area (Å²) in [4.78, 5) is 0. The molecule has 1 fully saturated rings. The molecule has 0 radical (unpaired) electrons. The van der Waals surface area contributed by atoms with E-state index in [1.165, 1.54) is 0 Å². The van der Waals surface area contributed by atoms with Gasteiger partial charge in [0.05, 0.1) is 6.20 Å². The summed E-state index contributed by atoms with van der Waals surface area (Å²) >= 11 is 5.91. The average Bonchev–Trinajstić information content (AvgIpc) is 2.51. The molecule has 1 saturated carbocycles. The summed E-state index contributed by atoms with van der Waals surface area (Å²) in [6.45, 7) is 3.04. The van der Waals surface area contributed by atoms with Gasteiger partial charge in [0, 0.05) is 18.0 Å². The Morgan fingerprint density at radius 3 is 3.07 bits per heavy atom. The standard InChI is InChI=1S/C9H15ClN4/c1-2-3-14-9(6-11-13-14)12-8-4-7(10)5-8/h6-8,12H,2-5H2,1H3. The van der Waals surface area contributed by atoms with E-state index in [0.717, 1.165) is 31.6 Å². The van der Waals surface area contributed by atoms with Crippen LogP contribution in [0.2, 0.25) is 0 Å². The number of aromatic nitrogens is 3. The van der Waals surface area contributed by atoms with Gasteiger partial charge >= 0.3 is 0 Å². The van der Waals surface area contributed by atoms with Crippen molar-refractivity contribution in [1.29, 1.82) is 0 Å². The SMILES string of the molecule is CCCn1nncc1NC1CC(Cl)C1. The van der Waals surface area contributed by atoms with Crippen LogP contribution in [0.1, 0.15) is 26.2 Å². The second kappa shape index (κ2) is 4.17. The topological polar surface area (TPSA) is 42.7 Å². The van der Waals surface area contributed by atoms with Gasteiger partial charge in [-0.25, -0.2) is 4.68 Å². The van der Waals surface area contributed by atoms with Gasteiger partial charge in [0.1, 0.15) is 5.82 Å². The summed E-state index contributed by atoms with van der Waals surface area (Å²) in [6, 6.07) is 0.506. The highest BCUT2D eigenvalue weighted by atomic mass is 35.5. The minimum absolute atomic E-state index is 0.350. The fourth-order valence-electron chi connectivity index (χ4n) is 1.62. The normalized spacial score (nSPS) is 25.9. The largest absolute Gasteiger partial charge is 0.366 e. The summed E-state index contributed by atoms with van der Waals surface area (Å²) in [5.74, 6) is 1.01. The Balaban J connectivity index is 1.91. The summed E-state index contributed by atoms with van der Waals surface area (Å²) in [5.41, 5.74) is 0. The Hall–Kier alpha value is -0.770. The number of hydrogen-bond acceptors (Lipinski definition) is 3. The minimum atomic E-state index is 0.350. The number of nitrogens with zero attached hydrogens (tertiary/aromatic N) is 3. The van der Waals surface area contributed by atoms with E-state index in [0.29, 0.717) is 11.4 Å². The maximum Gasteiger partial charge on any atom is 0.145 e. The van der Waals surface area contributed by atoms with Crippen LogP contribution in [0, 0.1) is 0 Å². The first-order valence-corrected chi connectivity index (χ1v) is 5.52. The maximum absolute atomic E-state index is 5.91. The van der Waals surface area contributed by atoms with Gasteiger partial charge in [-0.2, -0.15) is 0 Å². The molecule has 5 heteroatoms. The highest BCUT2D eigenvalue weighted by molar-refractivity contribution is 6.21. The van der Waals surface area contributed by atoms with Crippen molar-refractivity contribution in [2.45, 2.75) is 44.1 Å². The summed E-state index contributed by atoms with van der Waals surface area (Å²) < 4.78 is 1.90. The molecule has 1 heterocycles. The first kappa shape index (κ1) is 9.77. The van der Waals surface area contributed by atoms with Gasteiger partial charge in [0.15, 0.2) is 0 Å². The fraction of sp³-hybridized carbons (Fsp3) is 0.778. The Labute approximate surface area is 88.6 Å². The zero-order chi connectivity index (χ0) is 9.97. The van der Waals surface area contributed by atoms with Crippen molar-refractivity contribution >= 4 is 17.4 Å². The number of nitrogens with one attached hydrogen (secondary N) is 1. The molecule has 0 bridgehead atoms. The van der Waals surface area contributed by atoms with Crippen molar-refractivity contribution in [2.24, 2.45) is 0 Å². The molecule has 1 N–H and O–H groups in total. The summed E-state index contributed by atoms with van der Waals surface area (Å²) in [6.07, 6.45) is 4.93. The van der Waals surface area contributed by atoms with Crippen LogP contribution in [-0.2, 0) is 6.54 Å². The molecule has 0 spiro atoms. The third-order valence-electron chi connectivity index (χ3n) is 2.49. The van der Waals surface area contributed by atoms with Crippen LogP contribution < -0.4 is 5.32 Å². The molecule has 0 aliphatic heterocycles. The lowest BCUT2D eigenvalue weighted by Crippen LogP contribution is -2.36. The zero-order valence-electron chi connectivity index (χ0n) is 8.28. The van der Waals surface area contributed by atoms with E-state index in [2.05, 4.69) is 22.6 Å². The molecule has 0 unspecified atom stereocenters. The molecule has 78 valence electrons. The number of alkyl halides is 1. The van der Waals surface area contributed by atoms with Crippen LogP contribution in [0.3, 0.4) is 0 Å². The Bertz CT molecular complexity index is 293. The Morgan fingerprint density at radius 1 is 1.64 bits per heavy atom. The number of halogens is 1. The number of hydrogen-bond donors (Lipinski definition) is 1. The lowest BCUT2D eigenvalue weighted by atomic mass is 9.92. The molecule has 0 aromatic carbocycles. The van der Waals surface area contributed by atoms with Crippen molar-refractivity contribution in [3.63, 3.8) is 0 Å². The Morgan fingerprint density at radius 2 is 2.43 bits per heavy atom. The number of aryl methyl sites for hydroxylation is 1. The van der Waals surface area contributed by atoms with Crippen molar-refractivity contribution in [2.75, 3.05) is 5.32 Å². The van der Waals surface area contributed by atoms with Crippen LogP contribution in [-0.4, -0.2) is 26.4 Å². The lowest BCUT2D eigenvalue weighted by Gasteiger charge is -2.32. The molecule has 0 amide bonds. The molecule has 0 saturated heterocycles. The van der Waals surface area contributed by atoms with Gasteiger partial charge in [0.25, 0.3) is 0 Å². The van der Waals surface area contributed by atoms with Crippen LogP contribution in [0.15, 0.2) is 6.20 Å². The second-order valence-corrected chi connectivity index (χ2v) is 4.37. The number of anilines is 1. The molecule has 1 aliphatic rings. The van der Waals surface area contributed by atoms with Crippen LogP contribution in [0.25, 0.3) is 0 Å². The monoisotopic (exact) mass is 214 g/mol. The Kier molecular flexibility index (Phi) is 2.91. The highest BCUT2D eigenvalue weighted by Crippen LogP contribution is 2.28. The van der Waals surface area contributed by atoms with Crippen molar-refractivity contribution < 1.29 is 0 Å². The van der Waals surface area contributed by atoms with Crippen molar-refractivity contribution in [3.05, 3.63) is 6.20 Å².